The van der Waals surface area contributed by atoms with Crippen molar-refractivity contribution in [1.29, 1.82) is 0 Å². The van der Waals surface area contributed by atoms with Gasteiger partial charge in [-0.05, 0) is 62.6 Å². The summed E-state index contributed by atoms with van der Waals surface area (Å²) in [7, 11) is 0. The average molecular weight is 589 g/mol. The van der Waals surface area contributed by atoms with Crippen LogP contribution in [0.25, 0.3) is 5.57 Å². The number of nitrogens with one attached hydrogen (secondary N) is 1. The molecule has 1 amide bonds. The van der Waals surface area contributed by atoms with Crippen molar-refractivity contribution in [3.63, 3.8) is 0 Å². The van der Waals surface area contributed by atoms with Gasteiger partial charge in [0.05, 0.1) is 29.1 Å². The van der Waals surface area contributed by atoms with Gasteiger partial charge in [-0.2, -0.15) is 31.4 Å². The van der Waals surface area contributed by atoms with E-state index in [9.17, 15) is 35.9 Å². The quantitative estimate of drug-likeness (QED) is 0.373. The van der Waals surface area contributed by atoms with Gasteiger partial charge in [0.15, 0.2) is 0 Å². The standard InChI is InChI=1S/C27H30F6N4O4/c1-25(2,3)41-23(38)22-11-17(5-6-34-22)21-13-20-14-36(7-4-8-37(20)35-21)24(39)40-15-16-9-18(26(28,29)30)12-19(10-16)27(31,32)33/h5,9-10,12-13,22,34H,4,6-8,11,14-15H2,1-3H3. The maximum absolute atomic E-state index is 13.2. The molecule has 2 aliphatic heterocycles. The van der Waals surface area contributed by atoms with Crippen LogP contribution in [0.1, 0.15) is 61.7 Å². The fraction of sp³-hybridized carbons (Fsp3) is 0.519. The Labute approximate surface area is 232 Å². The second-order valence-electron chi connectivity index (χ2n) is 10.9. The molecule has 0 saturated carbocycles. The molecule has 8 nitrogen and oxygen atoms in total. The van der Waals surface area contributed by atoms with Crippen LogP contribution in [0.3, 0.4) is 0 Å². The molecule has 0 bridgehead atoms. The van der Waals surface area contributed by atoms with Crippen molar-refractivity contribution in [3.05, 3.63) is 58.4 Å². The third kappa shape index (κ3) is 7.80. The van der Waals surface area contributed by atoms with Crippen molar-refractivity contribution in [2.45, 2.75) is 77.3 Å². The third-order valence-corrected chi connectivity index (χ3v) is 6.44. The highest BCUT2D eigenvalue weighted by molar-refractivity contribution is 5.80. The molecule has 1 atom stereocenters. The number of fused-ring (bicyclic) bond motifs is 1. The van der Waals surface area contributed by atoms with E-state index in [4.69, 9.17) is 9.47 Å². The molecule has 0 spiro atoms. The predicted molar refractivity (Wildman–Crippen MR) is 134 cm³/mol. The van der Waals surface area contributed by atoms with Crippen molar-refractivity contribution in [1.82, 2.24) is 20.0 Å². The number of hydrogen-bond donors (Lipinski definition) is 1. The monoisotopic (exact) mass is 588 g/mol. The largest absolute Gasteiger partial charge is 0.459 e. The summed E-state index contributed by atoms with van der Waals surface area (Å²) in [5.74, 6) is -0.374. The molecule has 14 heteroatoms. The SMILES string of the molecule is CC(C)(C)OC(=O)C1CC(c2cc3n(n2)CCCN(C(=O)OCc2cc(C(F)(F)F)cc(C(F)(F)F)c2)C3)=CCN1. The van der Waals surface area contributed by atoms with Crippen molar-refractivity contribution in [2.75, 3.05) is 13.1 Å². The normalized spacial score (nSPS) is 18.3. The van der Waals surface area contributed by atoms with Crippen LogP contribution in [0.5, 0.6) is 0 Å². The minimum Gasteiger partial charge on any atom is -0.459 e. The molecule has 0 aliphatic carbocycles. The summed E-state index contributed by atoms with van der Waals surface area (Å²) in [5.41, 5.74) is -1.89. The summed E-state index contributed by atoms with van der Waals surface area (Å²) in [6.45, 7) is 5.82. The van der Waals surface area contributed by atoms with Crippen molar-refractivity contribution >= 4 is 17.6 Å². The number of nitrogens with zero attached hydrogens (tertiary/aromatic N) is 3. The smallest absolute Gasteiger partial charge is 0.416 e. The summed E-state index contributed by atoms with van der Waals surface area (Å²) in [5, 5.41) is 7.74. The second-order valence-corrected chi connectivity index (χ2v) is 10.9. The number of esters is 1. The number of hydrogen-bond acceptors (Lipinski definition) is 6. The number of aromatic nitrogens is 2. The van der Waals surface area contributed by atoms with Crippen molar-refractivity contribution in [3.8, 4) is 0 Å². The van der Waals surface area contributed by atoms with E-state index in [2.05, 4.69) is 10.4 Å². The van der Waals surface area contributed by atoms with Crippen molar-refractivity contribution in [2.24, 2.45) is 0 Å². The Balaban J connectivity index is 1.43. The molecule has 0 fully saturated rings. The second kappa shape index (κ2) is 11.4. The van der Waals surface area contributed by atoms with Crippen LogP contribution in [0.4, 0.5) is 31.1 Å². The number of amides is 1. The van der Waals surface area contributed by atoms with Gasteiger partial charge in [0.25, 0.3) is 0 Å². The highest BCUT2D eigenvalue weighted by Crippen LogP contribution is 2.36. The molecule has 4 rings (SSSR count). The van der Waals surface area contributed by atoms with Gasteiger partial charge in [0.1, 0.15) is 18.2 Å². The van der Waals surface area contributed by atoms with Gasteiger partial charge in [0, 0.05) is 26.1 Å². The first-order valence-electron chi connectivity index (χ1n) is 12.9. The molecule has 2 aromatic rings. The van der Waals surface area contributed by atoms with Crippen LogP contribution in [-0.4, -0.2) is 51.5 Å². The molecule has 0 saturated heterocycles. The zero-order valence-corrected chi connectivity index (χ0v) is 22.7. The fourth-order valence-electron chi connectivity index (χ4n) is 4.56. The third-order valence-electron chi connectivity index (χ3n) is 6.44. The lowest BCUT2D eigenvalue weighted by Crippen LogP contribution is -2.43. The Morgan fingerprint density at radius 1 is 1.00 bits per heavy atom. The van der Waals surface area contributed by atoms with Crippen LogP contribution < -0.4 is 5.32 Å². The number of carbonyl (C=O) groups is 2. The summed E-state index contributed by atoms with van der Waals surface area (Å²) in [6, 6.07) is 2.33. The molecule has 0 radical (unpaired) electrons. The van der Waals surface area contributed by atoms with Crippen LogP contribution in [0.15, 0.2) is 30.3 Å². The predicted octanol–water partition coefficient (Wildman–Crippen LogP) is 5.55. The molecule has 41 heavy (non-hydrogen) atoms. The van der Waals surface area contributed by atoms with Gasteiger partial charge in [-0.25, -0.2) is 4.79 Å². The van der Waals surface area contributed by atoms with E-state index in [0.717, 1.165) is 5.57 Å². The van der Waals surface area contributed by atoms with E-state index in [0.29, 0.717) is 49.5 Å². The lowest BCUT2D eigenvalue weighted by molar-refractivity contribution is -0.157. The van der Waals surface area contributed by atoms with Gasteiger partial charge in [-0.3, -0.25) is 9.48 Å². The maximum atomic E-state index is 13.2. The summed E-state index contributed by atoms with van der Waals surface area (Å²) in [4.78, 5) is 26.7. The Kier molecular flexibility index (Phi) is 8.44. The van der Waals surface area contributed by atoms with E-state index < -0.39 is 53.4 Å². The molecule has 2 aliphatic rings. The number of alkyl halides is 6. The Morgan fingerprint density at radius 2 is 1.66 bits per heavy atom. The summed E-state index contributed by atoms with van der Waals surface area (Å²) < 4.78 is 91.3. The minimum atomic E-state index is -5.00. The first-order chi connectivity index (χ1) is 19.0. The zero-order chi connectivity index (χ0) is 30.2. The Bertz CT molecular complexity index is 1290. The van der Waals surface area contributed by atoms with Crippen LogP contribution in [0.2, 0.25) is 0 Å². The fourth-order valence-corrected chi connectivity index (χ4v) is 4.56. The highest BCUT2D eigenvalue weighted by Gasteiger charge is 2.37. The average Bonchev–Trinajstić information content (AvgIpc) is 3.16. The van der Waals surface area contributed by atoms with Crippen LogP contribution in [-0.2, 0) is 46.3 Å². The molecule has 1 unspecified atom stereocenters. The van der Waals surface area contributed by atoms with Gasteiger partial charge in [-0.1, -0.05) is 6.08 Å². The van der Waals surface area contributed by atoms with E-state index >= 15 is 0 Å². The number of benzene rings is 1. The lowest BCUT2D eigenvalue weighted by atomic mass is 9.99. The lowest BCUT2D eigenvalue weighted by Gasteiger charge is -2.27. The first-order valence-corrected chi connectivity index (χ1v) is 12.9. The van der Waals surface area contributed by atoms with E-state index in [1.165, 1.54) is 4.90 Å². The minimum absolute atomic E-state index is 0.0202. The van der Waals surface area contributed by atoms with Gasteiger partial charge >= 0.3 is 24.4 Å². The molecule has 1 aromatic heterocycles. The molecular weight excluding hydrogens is 558 g/mol. The van der Waals surface area contributed by atoms with Crippen molar-refractivity contribution < 1.29 is 45.4 Å². The molecule has 1 N–H and O–H groups in total. The highest BCUT2D eigenvalue weighted by atomic mass is 19.4. The van der Waals surface area contributed by atoms with Crippen LogP contribution in [0, 0.1) is 0 Å². The first kappa shape index (κ1) is 30.4. The molecule has 224 valence electrons. The molecular formula is C27H30F6N4O4. The number of rotatable bonds is 4. The Morgan fingerprint density at radius 3 is 2.27 bits per heavy atom. The van der Waals surface area contributed by atoms with E-state index in [-0.39, 0.29) is 25.1 Å². The van der Waals surface area contributed by atoms with Gasteiger partial charge in [-0.15, -0.1) is 0 Å². The molecule has 1 aromatic carbocycles. The number of aryl methyl sites for hydroxylation is 1. The van der Waals surface area contributed by atoms with Gasteiger partial charge in [0.2, 0.25) is 0 Å². The van der Waals surface area contributed by atoms with E-state index in [1.807, 2.05) is 6.08 Å². The summed E-state index contributed by atoms with van der Waals surface area (Å²) in [6.07, 6.45) is -8.12. The summed E-state index contributed by atoms with van der Waals surface area (Å²) >= 11 is 0. The Hall–Kier alpha value is -3.55. The topological polar surface area (TPSA) is 85.7 Å². The van der Waals surface area contributed by atoms with E-state index in [1.54, 1.807) is 31.5 Å². The number of carbonyl (C=O) groups excluding carboxylic acids is 2. The van der Waals surface area contributed by atoms with Crippen LogP contribution >= 0.6 is 0 Å². The number of ether oxygens (including phenoxy) is 2. The maximum Gasteiger partial charge on any atom is 0.416 e. The molecule has 3 heterocycles. The zero-order valence-electron chi connectivity index (χ0n) is 22.7. The number of halogens is 6. The van der Waals surface area contributed by atoms with Gasteiger partial charge < -0.3 is 19.7 Å².